The highest BCUT2D eigenvalue weighted by Crippen LogP contribution is 2.15. The van der Waals surface area contributed by atoms with Gasteiger partial charge in [-0.15, -0.1) is 0 Å². The lowest BCUT2D eigenvalue weighted by Gasteiger charge is -2.17. The van der Waals surface area contributed by atoms with Gasteiger partial charge >= 0.3 is 5.97 Å². The molecule has 0 saturated heterocycles. The van der Waals surface area contributed by atoms with Crippen LogP contribution in [0.25, 0.3) is 0 Å². The molecule has 1 aromatic heterocycles. The van der Waals surface area contributed by atoms with Gasteiger partial charge in [0, 0.05) is 39.1 Å². The molecule has 0 saturated carbocycles. The zero-order valence-corrected chi connectivity index (χ0v) is 16.2. The number of esters is 1. The molecule has 7 heteroatoms. The molecule has 0 bridgehead atoms. The molecule has 26 heavy (non-hydrogen) atoms. The summed E-state index contributed by atoms with van der Waals surface area (Å²) in [5, 5.41) is 12.6. The molecule has 0 amide bonds. The Morgan fingerprint density at radius 2 is 2.08 bits per heavy atom. The zero-order valence-electron chi connectivity index (χ0n) is 16.2. The Kier molecular flexibility index (Phi) is 9.17. The van der Waals surface area contributed by atoms with E-state index in [-0.39, 0.29) is 18.1 Å². The van der Waals surface area contributed by atoms with Gasteiger partial charge in [0.25, 0.3) is 0 Å². The second kappa shape index (κ2) is 11.1. The van der Waals surface area contributed by atoms with Gasteiger partial charge in [0.2, 0.25) is 0 Å². The Morgan fingerprint density at radius 1 is 1.35 bits per heavy atom. The van der Waals surface area contributed by atoms with Gasteiger partial charge in [0.05, 0.1) is 6.61 Å². The number of pyridine rings is 1. The number of carbonyl (C=O) groups excluding carboxylic acids is 1. The van der Waals surface area contributed by atoms with Crippen LogP contribution in [0.4, 0.5) is 5.82 Å². The highest BCUT2D eigenvalue weighted by Gasteiger charge is 2.19. The van der Waals surface area contributed by atoms with E-state index in [1.54, 1.807) is 6.20 Å². The third kappa shape index (κ3) is 6.73. The van der Waals surface area contributed by atoms with Crippen molar-refractivity contribution < 1.29 is 14.3 Å². The largest absolute Gasteiger partial charge is 0.459 e. The van der Waals surface area contributed by atoms with Crippen LogP contribution in [-0.2, 0) is 20.8 Å². The van der Waals surface area contributed by atoms with Gasteiger partial charge in [-0.2, -0.15) is 5.26 Å². The molecule has 1 heterocycles. The Hall–Kier alpha value is -2.59. The molecule has 0 unspecified atom stereocenters. The van der Waals surface area contributed by atoms with Crippen molar-refractivity contribution in [2.45, 2.75) is 27.3 Å². The predicted molar refractivity (Wildman–Crippen MR) is 100 cm³/mol. The number of ether oxygens (including phenoxy) is 2. The summed E-state index contributed by atoms with van der Waals surface area (Å²) < 4.78 is 10.3. The van der Waals surface area contributed by atoms with Crippen molar-refractivity contribution in [3.63, 3.8) is 0 Å². The van der Waals surface area contributed by atoms with Crippen LogP contribution >= 0.6 is 0 Å². The van der Waals surface area contributed by atoms with E-state index < -0.39 is 5.97 Å². The Morgan fingerprint density at radius 3 is 2.58 bits per heavy atom. The van der Waals surface area contributed by atoms with E-state index in [0.29, 0.717) is 25.5 Å². The highest BCUT2D eigenvalue weighted by molar-refractivity contribution is 5.93. The molecule has 0 aliphatic heterocycles. The van der Waals surface area contributed by atoms with Crippen molar-refractivity contribution in [3.8, 4) is 6.07 Å². The Balaban J connectivity index is 2.82. The van der Waals surface area contributed by atoms with E-state index in [9.17, 15) is 10.1 Å². The van der Waals surface area contributed by atoms with Crippen molar-refractivity contribution in [2.24, 2.45) is 5.92 Å². The fourth-order valence-electron chi connectivity index (χ4n) is 2.19. The van der Waals surface area contributed by atoms with Crippen LogP contribution in [0.3, 0.4) is 0 Å². The molecule has 1 aromatic rings. The summed E-state index contributed by atoms with van der Waals surface area (Å²) in [6, 6.07) is 5.84. The molecule has 0 spiro atoms. The third-order valence-corrected chi connectivity index (χ3v) is 3.58. The number of allylic oxidation sites excluding steroid dienone is 1. The first kappa shape index (κ1) is 21.5. The lowest BCUT2D eigenvalue weighted by molar-refractivity contribution is -0.140. The number of hydrogen-bond donors (Lipinski definition) is 1. The van der Waals surface area contributed by atoms with Gasteiger partial charge in [0.1, 0.15) is 18.5 Å². The second-order valence-corrected chi connectivity index (χ2v) is 6.16. The third-order valence-electron chi connectivity index (χ3n) is 3.58. The highest BCUT2D eigenvalue weighted by atomic mass is 16.6. The van der Waals surface area contributed by atoms with Crippen LogP contribution < -0.4 is 10.2 Å². The maximum Gasteiger partial charge on any atom is 0.350 e. The van der Waals surface area contributed by atoms with Crippen LogP contribution in [0.5, 0.6) is 0 Å². The molecule has 1 rings (SSSR count). The lowest BCUT2D eigenvalue weighted by Crippen LogP contribution is -2.23. The minimum Gasteiger partial charge on any atom is -0.459 e. The van der Waals surface area contributed by atoms with E-state index in [4.69, 9.17) is 9.47 Å². The summed E-state index contributed by atoms with van der Waals surface area (Å²) in [7, 11) is 3.85. The SMILES string of the molecule is CCOCCOC(=O)/C(C#N)=C(/NCc1ccc(N(C)C)nc1)C(C)C. The number of nitrogens with zero attached hydrogens (tertiary/aromatic N) is 3. The first-order chi connectivity index (χ1) is 12.4. The number of anilines is 1. The fraction of sp³-hybridized carbons (Fsp3) is 0.526. The van der Waals surface area contributed by atoms with E-state index in [2.05, 4.69) is 10.3 Å². The minimum absolute atomic E-state index is 0.00521. The van der Waals surface area contributed by atoms with Gasteiger partial charge in [-0.05, 0) is 24.5 Å². The van der Waals surface area contributed by atoms with Crippen molar-refractivity contribution in [2.75, 3.05) is 38.8 Å². The van der Waals surface area contributed by atoms with Crippen LogP contribution in [0.2, 0.25) is 0 Å². The van der Waals surface area contributed by atoms with E-state index in [1.165, 1.54) is 0 Å². The summed E-state index contributed by atoms with van der Waals surface area (Å²) in [4.78, 5) is 18.5. The Labute approximate surface area is 155 Å². The first-order valence-corrected chi connectivity index (χ1v) is 8.65. The number of nitrogens with one attached hydrogen (secondary N) is 1. The number of rotatable bonds is 10. The standard InChI is InChI=1S/C19H28N4O3/c1-6-25-9-10-26-19(24)16(11-20)18(14(2)3)22-13-15-7-8-17(21-12-15)23(4)5/h7-8,12,14,22H,6,9-10,13H2,1-5H3/b18-16+. The quantitative estimate of drug-likeness (QED) is 0.296. The summed E-state index contributed by atoms with van der Waals surface area (Å²) in [6.45, 7) is 7.15. The number of nitriles is 1. The average Bonchev–Trinajstić information content (AvgIpc) is 2.62. The van der Waals surface area contributed by atoms with Gasteiger partial charge in [-0.25, -0.2) is 9.78 Å². The van der Waals surface area contributed by atoms with Crippen LogP contribution in [-0.4, -0.2) is 44.9 Å². The second-order valence-electron chi connectivity index (χ2n) is 6.16. The molecule has 7 nitrogen and oxygen atoms in total. The molecule has 0 fully saturated rings. The number of carbonyl (C=O) groups is 1. The zero-order chi connectivity index (χ0) is 19.5. The van der Waals surface area contributed by atoms with E-state index in [1.807, 2.05) is 58.0 Å². The van der Waals surface area contributed by atoms with Crippen molar-refractivity contribution in [1.29, 1.82) is 5.26 Å². The van der Waals surface area contributed by atoms with Gasteiger partial charge < -0.3 is 19.7 Å². The molecular formula is C19H28N4O3. The van der Waals surface area contributed by atoms with Crippen molar-refractivity contribution in [1.82, 2.24) is 10.3 Å². The monoisotopic (exact) mass is 360 g/mol. The van der Waals surface area contributed by atoms with E-state index in [0.717, 1.165) is 11.4 Å². The van der Waals surface area contributed by atoms with Crippen molar-refractivity contribution >= 4 is 11.8 Å². The van der Waals surface area contributed by atoms with Crippen LogP contribution in [0, 0.1) is 17.2 Å². The molecule has 1 N–H and O–H groups in total. The molecule has 0 atom stereocenters. The van der Waals surface area contributed by atoms with E-state index >= 15 is 0 Å². The number of aromatic nitrogens is 1. The van der Waals surface area contributed by atoms with Gasteiger partial charge in [-0.1, -0.05) is 19.9 Å². The maximum absolute atomic E-state index is 12.2. The van der Waals surface area contributed by atoms with Crippen LogP contribution in [0.1, 0.15) is 26.3 Å². The molecule has 0 radical (unpaired) electrons. The minimum atomic E-state index is -0.635. The van der Waals surface area contributed by atoms with Gasteiger partial charge in [0.15, 0.2) is 5.57 Å². The fourth-order valence-corrected chi connectivity index (χ4v) is 2.19. The average molecular weight is 360 g/mol. The molecular weight excluding hydrogens is 332 g/mol. The topological polar surface area (TPSA) is 87.5 Å². The normalized spacial score (nSPS) is 11.6. The summed E-state index contributed by atoms with van der Waals surface area (Å²) in [5.41, 5.74) is 1.51. The summed E-state index contributed by atoms with van der Waals surface area (Å²) >= 11 is 0. The predicted octanol–water partition coefficient (Wildman–Crippen LogP) is 2.25. The molecule has 142 valence electrons. The van der Waals surface area contributed by atoms with Gasteiger partial charge in [-0.3, -0.25) is 0 Å². The smallest absolute Gasteiger partial charge is 0.350 e. The molecule has 0 aromatic carbocycles. The lowest BCUT2D eigenvalue weighted by atomic mass is 10.0. The number of hydrogen-bond acceptors (Lipinski definition) is 7. The summed E-state index contributed by atoms with van der Waals surface area (Å²) in [5.74, 6) is 0.201. The molecule has 0 aliphatic rings. The van der Waals surface area contributed by atoms with Crippen molar-refractivity contribution in [3.05, 3.63) is 35.2 Å². The van der Waals surface area contributed by atoms with Crippen LogP contribution in [0.15, 0.2) is 29.6 Å². The maximum atomic E-state index is 12.2. The summed E-state index contributed by atoms with van der Waals surface area (Å²) in [6.07, 6.45) is 1.77. The molecule has 0 aliphatic carbocycles. The Bertz CT molecular complexity index is 646. The first-order valence-electron chi connectivity index (χ1n) is 8.65.